The highest BCUT2D eigenvalue weighted by Crippen LogP contribution is 2.44. The topological polar surface area (TPSA) is 27.7 Å². The highest BCUT2D eigenvalue weighted by molar-refractivity contribution is 5.30. The summed E-state index contributed by atoms with van der Waals surface area (Å²) in [5.74, 6) is -0.332. The van der Waals surface area contributed by atoms with Crippen molar-refractivity contribution in [2.24, 2.45) is 23.7 Å². The predicted octanol–water partition coefficient (Wildman–Crippen LogP) is 11.5. The van der Waals surface area contributed by atoms with Gasteiger partial charge in [0.05, 0.1) is 19.1 Å². The molecule has 0 amide bonds. The fourth-order valence-electron chi connectivity index (χ4n) is 7.82. The van der Waals surface area contributed by atoms with Gasteiger partial charge in [0.15, 0.2) is 6.29 Å². The molecule has 3 aliphatic rings. The number of hydrogen-bond acceptors (Lipinski definition) is 3. The van der Waals surface area contributed by atoms with Gasteiger partial charge in [-0.25, -0.2) is 8.78 Å². The molecule has 2 aliphatic carbocycles. The van der Waals surface area contributed by atoms with Gasteiger partial charge in [0.2, 0.25) is 0 Å². The van der Waals surface area contributed by atoms with E-state index < -0.39 is 24.1 Å². The number of ether oxygens (including phenoxy) is 3. The number of benzene rings is 2. The summed E-state index contributed by atoms with van der Waals surface area (Å²) in [5, 5.41) is 0. The monoisotopic (exact) mass is 644 g/mol. The first-order valence-corrected chi connectivity index (χ1v) is 17.8. The average molecular weight is 645 g/mol. The third-order valence-electron chi connectivity index (χ3n) is 10.7. The van der Waals surface area contributed by atoms with E-state index in [1.807, 2.05) is 25.1 Å². The van der Waals surface area contributed by atoms with Crippen LogP contribution in [0.4, 0.5) is 17.6 Å². The predicted molar refractivity (Wildman–Crippen MR) is 174 cm³/mol. The highest BCUT2D eigenvalue weighted by atomic mass is 19.3. The molecule has 46 heavy (non-hydrogen) atoms. The van der Waals surface area contributed by atoms with E-state index in [-0.39, 0.29) is 30.3 Å². The Morgan fingerprint density at radius 1 is 0.848 bits per heavy atom. The lowest BCUT2D eigenvalue weighted by molar-refractivity contribution is -0.222. The molecule has 1 saturated heterocycles. The number of unbranched alkanes of at least 4 members (excludes halogenated alkanes) is 2. The second-order valence-electron chi connectivity index (χ2n) is 13.9. The van der Waals surface area contributed by atoms with Crippen LogP contribution in [0, 0.1) is 35.3 Å². The van der Waals surface area contributed by atoms with Crippen molar-refractivity contribution in [2.45, 2.75) is 122 Å². The largest absolute Gasteiger partial charge is 0.432 e. The normalized spacial score (nSPS) is 27.6. The first-order valence-electron chi connectivity index (χ1n) is 17.8. The molecule has 2 aromatic rings. The van der Waals surface area contributed by atoms with E-state index in [1.54, 1.807) is 6.07 Å². The zero-order valence-electron chi connectivity index (χ0n) is 27.6. The van der Waals surface area contributed by atoms with Crippen LogP contribution in [0.3, 0.4) is 0 Å². The third-order valence-corrected chi connectivity index (χ3v) is 10.7. The smallest absolute Gasteiger partial charge is 0.400 e. The summed E-state index contributed by atoms with van der Waals surface area (Å²) in [6.45, 7) is 5.41. The van der Waals surface area contributed by atoms with Crippen LogP contribution in [0.25, 0.3) is 0 Å². The summed E-state index contributed by atoms with van der Waals surface area (Å²) in [6.07, 6.45) is 12.6. The first kappa shape index (κ1) is 34.9. The van der Waals surface area contributed by atoms with Crippen LogP contribution < -0.4 is 4.74 Å². The molecule has 1 heterocycles. The Kier molecular flexibility index (Phi) is 12.6. The summed E-state index contributed by atoms with van der Waals surface area (Å²) < 4.78 is 77.3. The fraction of sp³-hybridized carbons (Fsp3) is 0.641. The molecule has 0 unspecified atom stereocenters. The molecule has 7 heteroatoms. The molecule has 3 fully saturated rings. The Morgan fingerprint density at radius 2 is 1.59 bits per heavy atom. The van der Waals surface area contributed by atoms with Gasteiger partial charge in [-0.1, -0.05) is 75.8 Å². The standard InChI is InChI=1S/C39H52F4O3/c1-3-5-7-9-27-11-13-28(14-12-27)32-25-44-38(45-26-32)31-18-22-35(37(41)23-31)29-15-19-33(20-16-29)39(42,43)46-34-21-17-30(36(40)24-34)10-8-6-4-2/h4,6,17-18,21-24,27-29,32-33,38H,3,5,7-16,19-20,25-26H2,1-2H3/b6-4+. The lowest BCUT2D eigenvalue weighted by Gasteiger charge is -2.38. The molecule has 0 radical (unpaired) electrons. The highest BCUT2D eigenvalue weighted by Gasteiger charge is 2.44. The Hall–Kier alpha value is -2.38. The van der Waals surface area contributed by atoms with Gasteiger partial charge >= 0.3 is 6.11 Å². The van der Waals surface area contributed by atoms with E-state index in [0.29, 0.717) is 67.4 Å². The molecule has 2 aromatic carbocycles. The number of alkyl halides is 2. The van der Waals surface area contributed by atoms with Gasteiger partial charge in [-0.15, -0.1) is 0 Å². The van der Waals surface area contributed by atoms with E-state index >= 15 is 13.2 Å². The van der Waals surface area contributed by atoms with Gasteiger partial charge in [0.25, 0.3) is 0 Å². The summed E-state index contributed by atoms with van der Waals surface area (Å²) in [7, 11) is 0. The van der Waals surface area contributed by atoms with E-state index in [2.05, 4.69) is 6.92 Å². The van der Waals surface area contributed by atoms with Crippen LogP contribution in [0.2, 0.25) is 0 Å². The molecule has 5 rings (SSSR count). The van der Waals surface area contributed by atoms with Gasteiger partial charge < -0.3 is 14.2 Å². The van der Waals surface area contributed by atoms with Gasteiger partial charge in [-0.05, 0) is 99.3 Å². The third kappa shape index (κ3) is 9.15. The molecule has 0 atom stereocenters. The van der Waals surface area contributed by atoms with Crippen molar-refractivity contribution in [1.82, 2.24) is 0 Å². The Balaban J connectivity index is 1.08. The molecular weight excluding hydrogens is 592 g/mol. The molecule has 0 aromatic heterocycles. The number of rotatable bonds is 13. The Labute approximate surface area is 273 Å². The van der Waals surface area contributed by atoms with Crippen molar-refractivity contribution in [3.63, 3.8) is 0 Å². The lowest BCUT2D eigenvalue weighted by atomic mass is 9.74. The van der Waals surface area contributed by atoms with E-state index in [1.165, 1.54) is 69.6 Å². The summed E-state index contributed by atoms with van der Waals surface area (Å²) in [6, 6.07) is 9.07. The summed E-state index contributed by atoms with van der Waals surface area (Å²) >= 11 is 0. The van der Waals surface area contributed by atoms with Crippen LogP contribution >= 0.6 is 0 Å². The molecule has 0 spiro atoms. The van der Waals surface area contributed by atoms with Crippen LogP contribution in [-0.4, -0.2) is 19.3 Å². The average Bonchev–Trinajstić information content (AvgIpc) is 3.06. The van der Waals surface area contributed by atoms with E-state index in [4.69, 9.17) is 14.2 Å². The van der Waals surface area contributed by atoms with Gasteiger partial charge in [-0.3, -0.25) is 0 Å². The van der Waals surface area contributed by atoms with Crippen LogP contribution in [-0.2, 0) is 15.9 Å². The van der Waals surface area contributed by atoms with Crippen molar-refractivity contribution in [3.8, 4) is 5.75 Å². The van der Waals surface area contributed by atoms with Crippen molar-refractivity contribution in [1.29, 1.82) is 0 Å². The van der Waals surface area contributed by atoms with E-state index in [0.717, 1.165) is 12.0 Å². The summed E-state index contributed by atoms with van der Waals surface area (Å²) in [5.41, 5.74) is 1.68. The molecule has 0 N–H and O–H groups in total. The number of halogens is 4. The first-order chi connectivity index (χ1) is 22.3. The molecule has 0 bridgehead atoms. The minimum absolute atomic E-state index is 0.148. The molecule has 3 nitrogen and oxygen atoms in total. The zero-order chi connectivity index (χ0) is 32.5. The molecule has 254 valence electrons. The van der Waals surface area contributed by atoms with Crippen LogP contribution in [0.5, 0.6) is 5.75 Å². The quantitative estimate of drug-likeness (QED) is 0.123. The minimum atomic E-state index is -3.44. The van der Waals surface area contributed by atoms with Gasteiger partial charge in [-0.2, -0.15) is 8.78 Å². The van der Waals surface area contributed by atoms with Crippen LogP contribution in [0.1, 0.15) is 126 Å². The molecule has 1 aliphatic heterocycles. The minimum Gasteiger partial charge on any atom is -0.432 e. The number of aryl methyl sites for hydroxylation is 1. The second-order valence-corrected chi connectivity index (χ2v) is 13.9. The number of allylic oxidation sites excluding steroid dienone is 2. The van der Waals surface area contributed by atoms with Gasteiger partial charge in [0.1, 0.15) is 17.4 Å². The van der Waals surface area contributed by atoms with Crippen LogP contribution in [0.15, 0.2) is 48.6 Å². The fourth-order valence-corrected chi connectivity index (χ4v) is 7.82. The maximum Gasteiger partial charge on any atom is 0.400 e. The molecule has 2 saturated carbocycles. The van der Waals surface area contributed by atoms with Crippen molar-refractivity contribution < 1.29 is 31.8 Å². The number of hydrogen-bond donors (Lipinski definition) is 0. The van der Waals surface area contributed by atoms with Crippen molar-refractivity contribution >= 4 is 0 Å². The molecular formula is C39H52F4O3. The Morgan fingerprint density at radius 3 is 2.24 bits per heavy atom. The summed E-state index contributed by atoms with van der Waals surface area (Å²) in [4.78, 5) is 0. The Bertz CT molecular complexity index is 1260. The second kappa shape index (κ2) is 16.6. The van der Waals surface area contributed by atoms with Crippen molar-refractivity contribution in [2.75, 3.05) is 13.2 Å². The maximum atomic E-state index is 15.4. The maximum absolute atomic E-state index is 15.4. The van der Waals surface area contributed by atoms with Gasteiger partial charge in [0, 0.05) is 17.5 Å². The zero-order valence-corrected chi connectivity index (χ0v) is 27.6. The van der Waals surface area contributed by atoms with Crippen molar-refractivity contribution in [3.05, 3.63) is 76.9 Å². The SMILES string of the molecule is C/C=C/CCc1ccc(OC(F)(F)C2CCC(c3ccc(C4OCC(C5CCC(CCCCC)CC5)CO4)cc3F)CC2)cc1F. The lowest BCUT2D eigenvalue weighted by Crippen LogP contribution is -2.37. The van der Waals surface area contributed by atoms with E-state index in [9.17, 15) is 4.39 Å².